The Hall–Kier alpha value is -1.32. The third kappa shape index (κ3) is 2.04. The summed E-state index contributed by atoms with van der Waals surface area (Å²) in [7, 11) is 2.14. The number of aryl methyl sites for hydroxylation is 2. The van der Waals surface area contributed by atoms with Crippen LogP contribution >= 0.6 is 0 Å². The minimum absolute atomic E-state index is 0.865. The summed E-state index contributed by atoms with van der Waals surface area (Å²) >= 11 is 0. The van der Waals surface area contributed by atoms with Crippen LogP contribution in [0, 0.1) is 6.92 Å². The van der Waals surface area contributed by atoms with Crippen LogP contribution in [0.3, 0.4) is 0 Å². The van der Waals surface area contributed by atoms with Gasteiger partial charge in [0.05, 0.1) is 18.7 Å². The maximum absolute atomic E-state index is 5.40. The SMILES string of the molecule is Cc1cccc2c(CN3CCOCC3)cn(C)c12. The van der Waals surface area contributed by atoms with Crippen molar-refractivity contribution in [2.24, 2.45) is 7.05 Å². The minimum Gasteiger partial charge on any atom is -0.379 e. The van der Waals surface area contributed by atoms with Crippen LogP contribution in [-0.2, 0) is 18.3 Å². The van der Waals surface area contributed by atoms with Crippen molar-refractivity contribution in [1.82, 2.24) is 9.47 Å². The van der Waals surface area contributed by atoms with E-state index in [0.717, 1.165) is 32.8 Å². The van der Waals surface area contributed by atoms with E-state index in [1.807, 2.05) is 0 Å². The van der Waals surface area contributed by atoms with Gasteiger partial charge in [-0.1, -0.05) is 18.2 Å². The third-order valence-corrected chi connectivity index (χ3v) is 3.78. The van der Waals surface area contributed by atoms with Gasteiger partial charge in [-0.15, -0.1) is 0 Å². The van der Waals surface area contributed by atoms with Crippen LogP contribution in [0.25, 0.3) is 10.9 Å². The normalized spacial score (nSPS) is 17.4. The molecule has 1 aliphatic heterocycles. The van der Waals surface area contributed by atoms with Crippen molar-refractivity contribution >= 4 is 10.9 Å². The topological polar surface area (TPSA) is 17.4 Å². The molecule has 2 aromatic rings. The van der Waals surface area contributed by atoms with Crippen LogP contribution in [0.5, 0.6) is 0 Å². The first-order valence-electron chi connectivity index (χ1n) is 6.59. The zero-order valence-electron chi connectivity index (χ0n) is 11.1. The molecule has 1 aliphatic rings. The van der Waals surface area contributed by atoms with Gasteiger partial charge >= 0.3 is 0 Å². The largest absolute Gasteiger partial charge is 0.379 e. The number of benzene rings is 1. The van der Waals surface area contributed by atoms with E-state index >= 15 is 0 Å². The fourth-order valence-electron chi connectivity index (χ4n) is 2.88. The molecule has 0 spiro atoms. The van der Waals surface area contributed by atoms with E-state index in [1.54, 1.807) is 0 Å². The van der Waals surface area contributed by atoms with Crippen LogP contribution < -0.4 is 0 Å². The monoisotopic (exact) mass is 244 g/mol. The van der Waals surface area contributed by atoms with Crippen molar-refractivity contribution in [2.75, 3.05) is 26.3 Å². The maximum atomic E-state index is 5.40. The fourth-order valence-corrected chi connectivity index (χ4v) is 2.88. The van der Waals surface area contributed by atoms with Gasteiger partial charge in [-0.25, -0.2) is 0 Å². The highest BCUT2D eigenvalue weighted by molar-refractivity contribution is 5.86. The Morgan fingerprint density at radius 3 is 2.78 bits per heavy atom. The molecule has 1 aromatic heterocycles. The highest BCUT2D eigenvalue weighted by Crippen LogP contribution is 2.24. The molecule has 0 aliphatic carbocycles. The summed E-state index contributed by atoms with van der Waals surface area (Å²) in [5.74, 6) is 0. The summed E-state index contributed by atoms with van der Waals surface area (Å²) in [6, 6.07) is 6.57. The molecule has 0 bridgehead atoms. The first-order chi connectivity index (χ1) is 8.75. The van der Waals surface area contributed by atoms with Gasteiger partial charge in [0.1, 0.15) is 0 Å². The van der Waals surface area contributed by atoms with E-state index in [-0.39, 0.29) is 0 Å². The Morgan fingerprint density at radius 2 is 2.00 bits per heavy atom. The number of ether oxygens (including phenoxy) is 1. The minimum atomic E-state index is 0.865. The smallest absolute Gasteiger partial charge is 0.0594 e. The highest BCUT2D eigenvalue weighted by atomic mass is 16.5. The summed E-state index contributed by atoms with van der Waals surface area (Å²) in [6.45, 7) is 7.03. The molecule has 1 fully saturated rings. The van der Waals surface area contributed by atoms with E-state index < -0.39 is 0 Å². The van der Waals surface area contributed by atoms with Crippen LogP contribution in [-0.4, -0.2) is 35.8 Å². The molecule has 18 heavy (non-hydrogen) atoms. The number of para-hydroxylation sites is 1. The summed E-state index contributed by atoms with van der Waals surface area (Å²) in [6.07, 6.45) is 2.27. The Kier molecular flexibility index (Phi) is 3.10. The first-order valence-corrected chi connectivity index (χ1v) is 6.59. The molecule has 0 unspecified atom stereocenters. The number of hydrogen-bond donors (Lipinski definition) is 0. The molecule has 0 atom stereocenters. The van der Waals surface area contributed by atoms with Gasteiger partial charge in [0, 0.05) is 38.3 Å². The summed E-state index contributed by atoms with van der Waals surface area (Å²) in [5, 5.41) is 1.39. The molecule has 2 heterocycles. The number of morpholine rings is 1. The molecular weight excluding hydrogens is 224 g/mol. The van der Waals surface area contributed by atoms with E-state index in [2.05, 4.69) is 47.8 Å². The van der Waals surface area contributed by atoms with Gasteiger partial charge in [0.2, 0.25) is 0 Å². The van der Waals surface area contributed by atoms with Crippen molar-refractivity contribution in [3.8, 4) is 0 Å². The number of nitrogens with zero attached hydrogens (tertiary/aromatic N) is 2. The molecule has 0 amide bonds. The van der Waals surface area contributed by atoms with E-state index in [9.17, 15) is 0 Å². The quantitative estimate of drug-likeness (QED) is 0.806. The molecule has 3 nitrogen and oxygen atoms in total. The molecule has 96 valence electrons. The summed E-state index contributed by atoms with van der Waals surface area (Å²) < 4.78 is 7.65. The van der Waals surface area contributed by atoms with Crippen molar-refractivity contribution in [2.45, 2.75) is 13.5 Å². The fraction of sp³-hybridized carbons (Fsp3) is 0.467. The van der Waals surface area contributed by atoms with Gasteiger partial charge < -0.3 is 9.30 Å². The second-order valence-electron chi connectivity index (χ2n) is 5.12. The van der Waals surface area contributed by atoms with Crippen molar-refractivity contribution in [3.63, 3.8) is 0 Å². The molecule has 3 heteroatoms. The van der Waals surface area contributed by atoms with E-state index in [1.165, 1.54) is 22.0 Å². The summed E-state index contributed by atoms with van der Waals surface area (Å²) in [4.78, 5) is 2.47. The summed E-state index contributed by atoms with van der Waals surface area (Å²) in [5.41, 5.74) is 4.14. The predicted molar refractivity (Wildman–Crippen MR) is 73.8 cm³/mol. The predicted octanol–water partition coefficient (Wildman–Crippen LogP) is 2.32. The number of aromatic nitrogens is 1. The lowest BCUT2D eigenvalue weighted by Gasteiger charge is -2.26. The zero-order valence-corrected chi connectivity index (χ0v) is 11.1. The second kappa shape index (κ2) is 4.75. The van der Waals surface area contributed by atoms with E-state index in [4.69, 9.17) is 4.74 Å². The van der Waals surface area contributed by atoms with Gasteiger partial charge in [0.15, 0.2) is 0 Å². The number of hydrogen-bond acceptors (Lipinski definition) is 2. The Morgan fingerprint density at radius 1 is 1.22 bits per heavy atom. The van der Waals surface area contributed by atoms with Gasteiger partial charge in [-0.3, -0.25) is 4.90 Å². The van der Waals surface area contributed by atoms with Crippen molar-refractivity contribution < 1.29 is 4.74 Å². The molecule has 1 saturated heterocycles. The van der Waals surface area contributed by atoms with Crippen LogP contribution in [0.1, 0.15) is 11.1 Å². The Labute approximate surface area is 108 Å². The lowest BCUT2D eigenvalue weighted by molar-refractivity contribution is 0.0343. The Balaban J connectivity index is 1.94. The van der Waals surface area contributed by atoms with Crippen LogP contribution in [0.2, 0.25) is 0 Å². The lowest BCUT2D eigenvalue weighted by atomic mass is 10.1. The zero-order chi connectivity index (χ0) is 12.5. The number of fused-ring (bicyclic) bond motifs is 1. The van der Waals surface area contributed by atoms with Gasteiger partial charge in [-0.2, -0.15) is 0 Å². The van der Waals surface area contributed by atoms with Gasteiger partial charge in [-0.05, 0) is 18.1 Å². The number of rotatable bonds is 2. The molecule has 0 N–H and O–H groups in total. The average molecular weight is 244 g/mol. The molecular formula is C15H20N2O. The maximum Gasteiger partial charge on any atom is 0.0594 e. The molecule has 0 radical (unpaired) electrons. The molecule has 3 rings (SSSR count). The molecule has 1 aromatic carbocycles. The van der Waals surface area contributed by atoms with Crippen molar-refractivity contribution in [3.05, 3.63) is 35.5 Å². The standard InChI is InChI=1S/C15H20N2O/c1-12-4-3-5-14-13(10-16(2)15(12)14)11-17-6-8-18-9-7-17/h3-5,10H,6-9,11H2,1-2H3. The second-order valence-corrected chi connectivity index (χ2v) is 5.12. The highest BCUT2D eigenvalue weighted by Gasteiger charge is 2.14. The van der Waals surface area contributed by atoms with E-state index in [0.29, 0.717) is 0 Å². The first kappa shape index (κ1) is 11.8. The lowest BCUT2D eigenvalue weighted by Crippen LogP contribution is -2.35. The Bertz CT molecular complexity index is 553. The van der Waals surface area contributed by atoms with Crippen LogP contribution in [0.4, 0.5) is 0 Å². The molecule has 0 saturated carbocycles. The van der Waals surface area contributed by atoms with Crippen LogP contribution in [0.15, 0.2) is 24.4 Å². The average Bonchev–Trinajstić information content (AvgIpc) is 2.69. The third-order valence-electron chi connectivity index (χ3n) is 3.78. The van der Waals surface area contributed by atoms with Gasteiger partial charge in [0.25, 0.3) is 0 Å². The van der Waals surface area contributed by atoms with Crippen molar-refractivity contribution in [1.29, 1.82) is 0 Å².